The number of halogens is 4. The number of hydrogen-bond acceptors (Lipinski definition) is 8. The molecule has 0 fully saturated rings. The summed E-state index contributed by atoms with van der Waals surface area (Å²) in [6, 6.07) is 4.67. The number of thioether (sulfide) groups is 1. The fraction of sp³-hybridized carbons (Fsp3) is 0.208. The van der Waals surface area contributed by atoms with Crippen molar-refractivity contribution in [3.8, 4) is 17.0 Å². The van der Waals surface area contributed by atoms with Crippen molar-refractivity contribution < 1.29 is 17.9 Å². The fourth-order valence-corrected chi connectivity index (χ4v) is 5.02. The quantitative estimate of drug-likeness (QED) is 0.490. The Hall–Kier alpha value is -3.44. The highest BCUT2D eigenvalue weighted by molar-refractivity contribution is 7.98. The van der Waals surface area contributed by atoms with Crippen LogP contribution in [0.15, 0.2) is 52.9 Å². The molecule has 2 aliphatic heterocycles. The van der Waals surface area contributed by atoms with Crippen molar-refractivity contribution in [1.82, 2.24) is 20.2 Å². The van der Waals surface area contributed by atoms with Crippen LogP contribution in [0.25, 0.3) is 17.1 Å². The highest BCUT2D eigenvalue weighted by Crippen LogP contribution is 2.41. The molecule has 1 aromatic carbocycles. The lowest BCUT2D eigenvalue weighted by atomic mass is 9.99. The lowest BCUT2D eigenvalue weighted by molar-refractivity contribution is -0.137. The molecule has 3 aromatic rings. The lowest BCUT2D eigenvalue weighted by Crippen LogP contribution is -2.43. The van der Waals surface area contributed by atoms with E-state index in [1.807, 2.05) is 17.2 Å². The van der Waals surface area contributed by atoms with E-state index in [0.29, 0.717) is 28.7 Å². The molecule has 186 valence electrons. The van der Waals surface area contributed by atoms with Gasteiger partial charge < -0.3 is 20.7 Å². The Bertz CT molecular complexity index is 1530. The molecule has 0 bridgehead atoms. The molecule has 0 amide bonds. The number of nitrogens with one attached hydrogen (secondary N) is 1. The van der Waals surface area contributed by atoms with Crippen molar-refractivity contribution in [2.75, 3.05) is 18.7 Å². The summed E-state index contributed by atoms with van der Waals surface area (Å²) in [5.74, 6) is 0.911. The normalized spacial score (nSPS) is 14.5. The van der Waals surface area contributed by atoms with E-state index >= 15 is 0 Å². The molecule has 3 N–H and O–H groups in total. The first-order valence-corrected chi connectivity index (χ1v) is 12.4. The summed E-state index contributed by atoms with van der Waals surface area (Å²) in [5.41, 5.74) is 5.50. The number of nitrogens with zero attached hydrogens (tertiary/aromatic N) is 4. The van der Waals surface area contributed by atoms with Gasteiger partial charge in [0.25, 0.3) is 0 Å². The highest BCUT2D eigenvalue weighted by atomic mass is 35.5. The topological polar surface area (TPSA) is 88.7 Å². The van der Waals surface area contributed by atoms with Crippen LogP contribution in [0.5, 0.6) is 5.75 Å². The third-order valence-electron chi connectivity index (χ3n) is 5.78. The van der Waals surface area contributed by atoms with E-state index in [-0.39, 0.29) is 34.3 Å². The zero-order valence-electron chi connectivity index (χ0n) is 19.2. The number of alkyl halides is 3. The van der Waals surface area contributed by atoms with Gasteiger partial charge in [0.15, 0.2) is 0 Å². The molecule has 4 heterocycles. The van der Waals surface area contributed by atoms with Crippen LogP contribution in [0.2, 0.25) is 5.02 Å². The maximum absolute atomic E-state index is 14.0. The maximum Gasteiger partial charge on any atom is 0.418 e. The largest absolute Gasteiger partial charge is 0.463 e. The van der Waals surface area contributed by atoms with Gasteiger partial charge in [-0.3, -0.25) is 9.98 Å². The van der Waals surface area contributed by atoms with E-state index in [2.05, 4.69) is 20.3 Å². The summed E-state index contributed by atoms with van der Waals surface area (Å²) in [7, 11) is 0. The standard InChI is InChI=1S/C24H20ClF3N6OS/c1-12-5-17(29)33-21(19(12)24(26,27)28)15-7-16-18-22(20(15)25)31-11-32-23(18)34(3-4-35-16)10-13-6-14(36-2)9-30-8-13/h3-9,32H,10-11H2,1-2H3,(H2,29,33). The number of nitrogen functional groups attached to an aromatic ring is 1. The Morgan fingerprint density at radius 3 is 2.81 bits per heavy atom. The van der Waals surface area contributed by atoms with Crippen LogP contribution in [0, 0.1) is 6.92 Å². The Balaban J connectivity index is 1.72. The van der Waals surface area contributed by atoms with E-state index in [1.54, 1.807) is 30.4 Å². The Labute approximate surface area is 213 Å². The van der Waals surface area contributed by atoms with Crippen molar-refractivity contribution in [2.24, 2.45) is 4.99 Å². The molecule has 0 spiro atoms. The van der Waals surface area contributed by atoms with Crippen molar-refractivity contribution in [3.05, 3.63) is 75.3 Å². The van der Waals surface area contributed by atoms with Crippen molar-refractivity contribution >= 4 is 35.0 Å². The average Bonchev–Trinajstić information content (AvgIpc) is 3.00. The van der Waals surface area contributed by atoms with E-state index in [4.69, 9.17) is 22.1 Å². The molecular weight excluding hydrogens is 513 g/mol. The second-order valence-electron chi connectivity index (χ2n) is 8.15. The summed E-state index contributed by atoms with van der Waals surface area (Å²) in [5, 5.41) is 4.14. The van der Waals surface area contributed by atoms with Crippen molar-refractivity contribution in [2.45, 2.75) is 24.5 Å². The number of hydrogen-bond donors (Lipinski definition) is 2. The predicted molar refractivity (Wildman–Crippen MR) is 132 cm³/mol. The monoisotopic (exact) mass is 532 g/mol. The average molecular weight is 533 g/mol. The highest BCUT2D eigenvalue weighted by Gasteiger charge is 2.38. The van der Waals surface area contributed by atoms with Gasteiger partial charge in [-0.05, 0) is 42.5 Å². The van der Waals surface area contributed by atoms with Crippen molar-refractivity contribution in [1.29, 1.82) is 0 Å². The number of ether oxygens (including phenoxy) is 1. The fourth-order valence-electron chi connectivity index (χ4n) is 4.28. The second kappa shape index (κ2) is 9.21. The number of anilines is 1. The lowest BCUT2D eigenvalue weighted by Gasteiger charge is -2.25. The smallest absolute Gasteiger partial charge is 0.418 e. The molecule has 7 nitrogen and oxygen atoms in total. The molecule has 0 saturated heterocycles. The minimum absolute atomic E-state index is 0.0345. The summed E-state index contributed by atoms with van der Waals surface area (Å²) in [6.07, 6.45) is 4.08. The first kappa shape index (κ1) is 24.3. The second-order valence-corrected chi connectivity index (χ2v) is 9.41. The van der Waals surface area contributed by atoms with E-state index in [0.717, 1.165) is 10.5 Å². The van der Waals surface area contributed by atoms with Crippen LogP contribution < -0.4 is 26.4 Å². The Morgan fingerprint density at radius 2 is 2.06 bits per heavy atom. The SMILES string of the molecule is CSc1cncc(CN2C=COc3cc(-c4nc(N)cc(C)c4C(F)(F)F)c(Cl)c4c3=C2NCN=4)c1. The summed E-state index contributed by atoms with van der Waals surface area (Å²) >= 11 is 8.31. The van der Waals surface area contributed by atoms with Crippen molar-refractivity contribution in [3.63, 3.8) is 0 Å². The summed E-state index contributed by atoms with van der Waals surface area (Å²) in [4.78, 5) is 15.7. The van der Waals surface area contributed by atoms with Gasteiger partial charge in [0, 0.05) is 29.1 Å². The van der Waals surface area contributed by atoms with E-state index in [9.17, 15) is 13.2 Å². The number of pyridine rings is 2. The number of benzene rings is 1. The molecule has 2 aliphatic rings. The molecule has 12 heteroatoms. The van der Waals surface area contributed by atoms with Gasteiger partial charge in [-0.2, -0.15) is 13.2 Å². The summed E-state index contributed by atoms with van der Waals surface area (Å²) in [6.45, 7) is 1.98. The summed E-state index contributed by atoms with van der Waals surface area (Å²) < 4.78 is 47.9. The van der Waals surface area contributed by atoms with Crippen LogP contribution in [-0.4, -0.2) is 27.8 Å². The molecular formula is C24H20ClF3N6OS. The van der Waals surface area contributed by atoms with E-state index in [1.165, 1.54) is 25.3 Å². The van der Waals surface area contributed by atoms with Crippen LogP contribution in [0.1, 0.15) is 16.7 Å². The molecule has 0 atom stereocenters. The van der Waals surface area contributed by atoms with Gasteiger partial charge in [0.2, 0.25) is 0 Å². The Kier molecular flexibility index (Phi) is 6.21. The molecule has 36 heavy (non-hydrogen) atoms. The van der Waals surface area contributed by atoms with Gasteiger partial charge >= 0.3 is 6.18 Å². The zero-order chi connectivity index (χ0) is 25.6. The molecule has 0 saturated carbocycles. The molecule has 0 radical (unpaired) electrons. The molecule has 0 aliphatic carbocycles. The Morgan fingerprint density at radius 1 is 1.25 bits per heavy atom. The number of aromatic nitrogens is 2. The van der Waals surface area contributed by atoms with Crippen LogP contribution in [0.4, 0.5) is 19.0 Å². The number of nitrogens with two attached hydrogens (primary N) is 1. The van der Waals surface area contributed by atoms with Gasteiger partial charge in [-0.1, -0.05) is 11.6 Å². The van der Waals surface area contributed by atoms with Gasteiger partial charge in [-0.25, -0.2) is 4.98 Å². The van der Waals surface area contributed by atoms with E-state index < -0.39 is 11.7 Å². The molecule has 5 rings (SSSR count). The number of aryl methyl sites for hydroxylation is 1. The molecule has 2 aromatic heterocycles. The first-order valence-electron chi connectivity index (χ1n) is 10.7. The third-order valence-corrected chi connectivity index (χ3v) is 6.86. The minimum atomic E-state index is -4.67. The van der Waals surface area contributed by atoms with Gasteiger partial charge in [-0.15, -0.1) is 11.8 Å². The zero-order valence-corrected chi connectivity index (χ0v) is 20.7. The minimum Gasteiger partial charge on any atom is -0.463 e. The first-order chi connectivity index (χ1) is 17.2. The maximum atomic E-state index is 14.0. The van der Waals surface area contributed by atoms with Gasteiger partial charge in [0.1, 0.15) is 30.3 Å². The third kappa shape index (κ3) is 4.33. The van der Waals surface area contributed by atoms with Crippen LogP contribution in [-0.2, 0) is 12.7 Å². The predicted octanol–water partition coefficient (Wildman–Crippen LogP) is 4.04. The van der Waals surface area contributed by atoms with Gasteiger partial charge in [0.05, 0.1) is 33.4 Å². The van der Waals surface area contributed by atoms with Crippen LogP contribution >= 0.6 is 23.4 Å². The molecule has 0 unspecified atom stereocenters. The number of rotatable bonds is 4. The van der Waals surface area contributed by atoms with Crippen LogP contribution in [0.3, 0.4) is 0 Å².